The second-order valence-electron chi connectivity index (χ2n) is 5.00. The lowest BCUT2D eigenvalue weighted by molar-refractivity contribution is -0.119. The number of benzene rings is 1. The molecule has 0 bridgehead atoms. The van der Waals surface area contributed by atoms with Crippen LogP contribution < -0.4 is 11.1 Å². The number of nitrogens with one attached hydrogen (secondary N) is 1. The van der Waals surface area contributed by atoms with Gasteiger partial charge in [-0.1, -0.05) is 11.6 Å². The summed E-state index contributed by atoms with van der Waals surface area (Å²) < 4.78 is 0. The van der Waals surface area contributed by atoms with E-state index in [0.717, 1.165) is 12.8 Å². The molecule has 2 amide bonds. The number of halogens is 1. The first kappa shape index (κ1) is 14.7. The van der Waals surface area contributed by atoms with E-state index in [4.69, 9.17) is 17.3 Å². The summed E-state index contributed by atoms with van der Waals surface area (Å²) in [7, 11) is 0. The molecule has 1 aromatic rings. The van der Waals surface area contributed by atoms with Crippen LogP contribution in [0.3, 0.4) is 0 Å². The number of nitrogen functional groups attached to an aromatic ring is 1. The Morgan fingerprint density at radius 3 is 2.55 bits per heavy atom. The van der Waals surface area contributed by atoms with Gasteiger partial charge in [0.2, 0.25) is 5.91 Å². The first-order valence-corrected chi connectivity index (χ1v) is 6.96. The van der Waals surface area contributed by atoms with Crippen LogP contribution in [0.15, 0.2) is 18.2 Å². The molecule has 1 aliphatic heterocycles. The molecule has 0 aromatic heterocycles. The highest BCUT2D eigenvalue weighted by Crippen LogP contribution is 2.21. The molecule has 0 aliphatic carbocycles. The highest BCUT2D eigenvalue weighted by molar-refractivity contribution is 6.33. The van der Waals surface area contributed by atoms with Crippen molar-refractivity contribution in [2.45, 2.75) is 25.8 Å². The van der Waals surface area contributed by atoms with Gasteiger partial charge in [-0.25, -0.2) is 0 Å². The minimum absolute atomic E-state index is 0.0275. The Morgan fingerprint density at radius 2 is 2.00 bits per heavy atom. The van der Waals surface area contributed by atoms with Crippen molar-refractivity contribution >= 4 is 29.1 Å². The molecule has 0 atom stereocenters. The summed E-state index contributed by atoms with van der Waals surface area (Å²) in [4.78, 5) is 25.1. The predicted octanol–water partition coefficient (Wildman–Crippen LogP) is 1.66. The summed E-state index contributed by atoms with van der Waals surface area (Å²) in [5, 5.41) is 3.33. The number of hydrogen-bond donors (Lipinski definition) is 2. The van der Waals surface area contributed by atoms with E-state index in [1.54, 1.807) is 23.1 Å². The zero-order valence-electron chi connectivity index (χ0n) is 11.4. The Bertz CT molecular complexity index is 525. The summed E-state index contributed by atoms with van der Waals surface area (Å²) in [5.74, 6) is -0.0742. The number of carbonyl (C=O) groups is 2. The van der Waals surface area contributed by atoms with E-state index in [-0.39, 0.29) is 17.9 Å². The van der Waals surface area contributed by atoms with Crippen LogP contribution in [-0.4, -0.2) is 35.8 Å². The molecule has 6 heteroatoms. The summed E-state index contributed by atoms with van der Waals surface area (Å²) >= 11 is 5.85. The molecule has 2 rings (SSSR count). The second-order valence-corrected chi connectivity index (χ2v) is 5.41. The maximum Gasteiger partial charge on any atom is 0.253 e. The van der Waals surface area contributed by atoms with Crippen LogP contribution in [-0.2, 0) is 4.79 Å². The molecule has 1 aromatic carbocycles. The molecular formula is C14H18ClN3O2. The fourth-order valence-corrected chi connectivity index (χ4v) is 2.49. The van der Waals surface area contributed by atoms with E-state index in [1.807, 2.05) is 0 Å². The van der Waals surface area contributed by atoms with Gasteiger partial charge in [-0.3, -0.25) is 9.59 Å². The van der Waals surface area contributed by atoms with E-state index >= 15 is 0 Å². The van der Waals surface area contributed by atoms with Crippen molar-refractivity contribution in [2.75, 3.05) is 18.8 Å². The summed E-state index contributed by atoms with van der Waals surface area (Å²) in [6.07, 6.45) is 1.54. The molecule has 0 spiro atoms. The third-order valence-corrected chi connectivity index (χ3v) is 3.78. The zero-order valence-corrected chi connectivity index (χ0v) is 12.1. The van der Waals surface area contributed by atoms with Gasteiger partial charge >= 0.3 is 0 Å². The average molecular weight is 296 g/mol. The van der Waals surface area contributed by atoms with E-state index in [1.165, 1.54) is 6.92 Å². The Balaban J connectivity index is 1.97. The second kappa shape index (κ2) is 6.13. The first-order chi connectivity index (χ1) is 9.47. The van der Waals surface area contributed by atoms with Crippen LogP contribution in [0.1, 0.15) is 30.1 Å². The molecule has 0 unspecified atom stereocenters. The van der Waals surface area contributed by atoms with Crippen LogP contribution >= 0.6 is 11.6 Å². The van der Waals surface area contributed by atoms with Crippen LogP contribution in [0.4, 0.5) is 5.69 Å². The lowest BCUT2D eigenvalue weighted by Gasteiger charge is -2.32. The van der Waals surface area contributed by atoms with Crippen molar-refractivity contribution in [1.29, 1.82) is 0 Å². The summed E-state index contributed by atoms with van der Waals surface area (Å²) in [5.41, 5.74) is 6.67. The number of anilines is 1. The number of amides is 2. The molecule has 1 saturated heterocycles. The van der Waals surface area contributed by atoms with E-state index in [2.05, 4.69) is 5.32 Å². The maximum atomic E-state index is 12.3. The normalized spacial score (nSPS) is 16.0. The number of carbonyl (C=O) groups excluding carboxylic acids is 2. The molecule has 20 heavy (non-hydrogen) atoms. The minimum atomic E-state index is -0.0466. The van der Waals surface area contributed by atoms with Crippen molar-refractivity contribution in [3.8, 4) is 0 Å². The third-order valence-electron chi connectivity index (χ3n) is 3.43. The fourth-order valence-electron chi connectivity index (χ4n) is 2.37. The van der Waals surface area contributed by atoms with Gasteiger partial charge in [0.1, 0.15) is 0 Å². The van der Waals surface area contributed by atoms with Gasteiger partial charge in [0, 0.05) is 31.6 Å². The SMILES string of the molecule is CC(=O)NC1CCN(C(=O)c2ccc(Cl)c(N)c2)CC1. The quantitative estimate of drug-likeness (QED) is 0.815. The van der Waals surface area contributed by atoms with E-state index in [0.29, 0.717) is 29.4 Å². The molecule has 1 fully saturated rings. The number of piperidine rings is 1. The lowest BCUT2D eigenvalue weighted by atomic mass is 10.0. The Labute approximate surface area is 123 Å². The molecular weight excluding hydrogens is 278 g/mol. The monoisotopic (exact) mass is 295 g/mol. The van der Waals surface area contributed by atoms with Gasteiger partial charge < -0.3 is 16.0 Å². The zero-order chi connectivity index (χ0) is 14.7. The molecule has 1 heterocycles. The lowest BCUT2D eigenvalue weighted by Crippen LogP contribution is -2.46. The molecule has 3 N–H and O–H groups in total. The van der Waals surface area contributed by atoms with Crippen molar-refractivity contribution in [3.05, 3.63) is 28.8 Å². The van der Waals surface area contributed by atoms with Gasteiger partial charge in [-0.15, -0.1) is 0 Å². The standard InChI is InChI=1S/C14H18ClN3O2/c1-9(19)17-11-4-6-18(7-5-11)14(20)10-2-3-12(15)13(16)8-10/h2-3,8,11H,4-7,16H2,1H3,(H,17,19). The van der Waals surface area contributed by atoms with E-state index in [9.17, 15) is 9.59 Å². The molecule has 0 radical (unpaired) electrons. The Hall–Kier alpha value is -1.75. The Kier molecular flexibility index (Phi) is 4.49. The number of hydrogen-bond acceptors (Lipinski definition) is 3. The van der Waals surface area contributed by atoms with Crippen LogP contribution in [0, 0.1) is 0 Å². The minimum Gasteiger partial charge on any atom is -0.398 e. The average Bonchev–Trinajstić information content (AvgIpc) is 2.41. The number of rotatable bonds is 2. The topological polar surface area (TPSA) is 75.4 Å². The van der Waals surface area contributed by atoms with E-state index < -0.39 is 0 Å². The fraction of sp³-hybridized carbons (Fsp3) is 0.429. The number of nitrogens with zero attached hydrogens (tertiary/aromatic N) is 1. The van der Waals surface area contributed by atoms with Gasteiger partial charge in [-0.05, 0) is 31.0 Å². The number of likely N-dealkylation sites (tertiary alicyclic amines) is 1. The highest BCUT2D eigenvalue weighted by atomic mass is 35.5. The summed E-state index contributed by atoms with van der Waals surface area (Å²) in [6, 6.07) is 5.08. The smallest absolute Gasteiger partial charge is 0.253 e. The van der Waals surface area contributed by atoms with Crippen LogP contribution in [0.5, 0.6) is 0 Å². The molecule has 108 valence electrons. The van der Waals surface area contributed by atoms with Gasteiger partial charge in [0.15, 0.2) is 0 Å². The molecule has 5 nitrogen and oxygen atoms in total. The predicted molar refractivity (Wildman–Crippen MR) is 78.6 cm³/mol. The van der Waals surface area contributed by atoms with Gasteiger partial charge in [-0.2, -0.15) is 0 Å². The summed E-state index contributed by atoms with van der Waals surface area (Å²) in [6.45, 7) is 2.77. The third kappa shape index (κ3) is 3.42. The first-order valence-electron chi connectivity index (χ1n) is 6.59. The largest absolute Gasteiger partial charge is 0.398 e. The highest BCUT2D eigenvalue weighted by Gasteiger charge is 2.24. The number of nitrogens with two attached hydrogens (primary N) is 1. The van der Waals surface area contributed by atoms with Crippen molar-refractivity contribution in [3.63, 3.8) is 0 Å². The van der Waals surface area contributed by atoms with Crippen LogP contribution in [0.25, 0.3) is 0 Å². The van der Waals surface area contributed by atoms with Crippen LogP contribution in [0.2, 0.25) is 5.02 Å². The maximum absolute atomic E-state index is 12.3. The van der Waals surface area contributed by atoms with Crippen molar-refractivity contribution in [2.24, 2.45) is 0 Å². The molecule has 0 saturated carbocycles. The Morgan fingerprint density at radius 1 is 1.35 bits per heavy atom. The van der Waals surface area contributed by atoms with Gasteiger partial charge in [0.05, 0.1) is 10.7 Å². The van der Waals surface area contributed by atoms with Crippen molar-refractivity contribution in [1.82, 2.24) is 10.2 Å². The molecule has 1 aliphatic rings. The van der Waals surface area contributed by atoms with Gasteiger partial charge in [0.25, 0.3) is 5.91 Å². The van der Waals surface area contributed by atoms with Crippen molar-refractivity contribution < 1.29 is 9.59 Å².